The molecule has 5 nitrogen and oxygen atoms in total. The van der Waals surface area contributed by atoms with Crippen LogP contribution in [0.4, 0.5) is 28.4 Å². The first kappa shape index (κ1) is 11.4. The standard InChI is InChI=1S/C14H14N4O/c15-10-6-5-9(7-11(10)16)18-8-14(19)17-12-3-1-2-4-13(12)18/h1-7H,8,15-16H2,(H,17,19). The van der Waals surface area contributed by atoms with Crippen molar-refractivity contribution in [3.05, 3.63) is 42.5 Å². The average Bonchev–Trinajstić information content (AvgIpc) is 2.41. The third kappa shape index (κ3) is 1.95. The zero-order valence-corrected chi connectivity index (χ0v) is 10.3. The lowest BCUT2D eigenvalue weighted by molar-refractivity contribution is -0.115. The maximum Gasteiger partial charge on any atom is 0.244 e. The van der Waals surface area contributed by atoms with E-state index >= 15 is 0 Å². The van der Waals surface area contributed by atoms with Gasteiger partial charge in [-0.1, -0.05) is 12.1 Å². The van der Waals surface area contributed by atoms with Crippen molar-refractivity contribution < 1.29 is 4.79 Å². The number of fused-ring (bicyclic) bond motifs is 1. The quantitative estimate of drug-likeness (QED) is 0.679. The van der Waals surface area contributed by atoms with E-state index in [-0.39, 0.29) is 12.5 Å². The molecule has 0 radical (unpaired) electrons. The summed E-state index contributed by atoms with van der Waals surface area (Å²) in [5.41, 5.74) is 15.2. The van der Waals surface area contributed by atoms with Crippen molar-refractivity contribution in [2.45, 2.75) is 0 Å². The van der Waals surface area contributed by atoms with E-state index in [1.54, 1.807) is 12.1 Å². The van der Waals surface area contributed by atoms with Gasteiger partial charge >= 0.3 is 0 Å². The summed E-state index contributed by atoms with van der Waals surface area (Å²) in [6, 6.07) is 13.1. The van der Waals surface area contributed by atoms with Crippen LogP contribution in [0.1, 0.15) is 0 Å². The molecule has 0 spiro atoms. The lowest BCUT2D eigenvalue weighted by Crippen LogP contribution is -2.35. The Morgan fingerprint density at radius 2 is 1.84 bits per heavy atom. The highest BCUT2D eigenvalue weighted by Crippen LogP contribution is 2.36. The second kappa shape index (κ2) is 4.20. The molecule has 0 unspecified atom stereocenters. The van der Waals surface area contributed by atoms with Gasteiger partial charge in [-0.15, -0.1) is 0 Å². The zero-order chi connectivity index (χ0) is 13.4. The molecule has 5 N–H and O–H groups in total. The molecular weight excluding hydrogens is 240 g/mol. The lowest BCUT2D eigenvalue weighted by Gasteiger charge is -2.31. The van der Waals surface area contributed by atoms with Crippen molar-refractivity contribution in [2.24, 2.45) is 0 Å². The monoisotopic (exact) mass is 254 g/mol. The minimum Gasteiger partial charge on any atom is -0.397 e. The molecule has 2 aromatic rings. The molecule has 0 atom stereocenters. The number of hydrogen-bond acceptors (Lipinski definition) is 4. The first-order valence-corrected chi connectivity index (χ1v) is 5.96. The van der Waals surface area contributed by atoms with Gasteiger partial charge in [-0.2, -0.15) is 0 Å². The normalized spacial score (nSPS) is 13.9. The van der Waals surface area contributed by atoms with Gasteiger partial charge in [0.05, 0.1) is 22.7 Å². The van der Waals surface area contributed by atoms with E-state index in [0.717, 1.165) is 17.1 Å². The zero-order valence-electron chi connectivity index (χ0n) is 10.3. The molecule has 1 aliphatic rings. The number of nitrogens with two attached hydrogens (primary N) is 2. The molecule has 0 aliphatic carbocycles. The van der Waals surface area contributed by atoms with E-state index in [4.69, 9.17) is 11.5 Å². The Morgan fingerprint density at radius 1 is 1.05 bits per heavy atom. The van der Waals surface area contributed by atoms with Crippen molar-refractivity contribution in [1.29, 1.82) is 0 Å². The highest BCUT2D eigenvalue weighted by molar-refractivity contribution is 6.03. The fourth-order valence-corrected chi connectivity index (χ4v) is 2.19. The van der Waals surface area contributed by atoms with Crippen LogP contribution >= 0.6 is 0 Å². The van der Waals surface area contributed by atoms with Crippen molar-refractivity contribution in [1.82, 2.24) is 0 Å². The Morgan fingerprint density at radius 3 is 2.63 bits per heavy atom. The molecule has 19 heavy (non-hydrogen) atoms. The van der Waals surface area contributed by atoms with Gasteiger partial charge in [0.1, 0.15) is 6.54 Å². The fourth-order valence-electron chi connectivity index (χ4n) is 2.19. The number of nitrogens with one attached hydrogen (secondary N) is 1. The Hall–Kier alpha value is -2.69. The minimum absolute atomic E-state index is 0.0471. The fraction of sp³-hybridized carbons (Fsp3) is 0.0714. The summed E-state index contributed by atoms with van der Waals surface area (Å²) in [4.78, 5) is 13.7. The summed E-state index contributed by atoms with van der Waals surface area (Å²) in [6.45, 7) is 0.264. The van der Waals surface area contributed by atoms with E-state index in [1.165, 1.54) is 0 Å². The van der Waals surface area contributed by atoms with Gasteiger partial charge in [-0.25, -0.2) is 0 Å². The summed E-state index contributed by atoms with van der Waals surface area (Å²) in [6.07, 6.45) is 0. The number of nitrogens with zero attached hydrogens (tertiary/aromatic N) is 1. The molecule has 1 aliphatic heterocycles. The van der Waals surface area contributed by atoms with Gasteiger partial charge in [0.25, 0.3) is 0 Å². The number of carbonyl (C=O) groups excluding carboxylic acids is 1. The molecule has 0 saturated carbocycles. The Kier molecular flexibility index (Phi) is 2.52. The van der Waals surface area contributed by atoms with Crippen LogP contribution in [-0.4, -0.2) is 12.5 Å². The van der Waals surface area contributed by atoms with E-state index in [1.807, 2.05) is 35.2 Å². The predicted octanol–water partition coefficient (Wildman–Crippen LogP) is 1.94. The highest BCUT2D eigenvalue weighted by Gasteiger charge is 2.22. The molecule has 0 fully saturated rings. The molecule has 2 aromatic carbocycles. The number of rotatable bonds is 1. The Labute approximate surface area is 110 Å². The minimum atomic E-state index is -0.0471. The summed E-state index contributed by atoms with van der Waals surface area (Å²) in [7, 11) is 0. The SMILES string of the molecule is Nc1ccc(N2CC(=O)Nc3ccccc32)cc1N. The van der Waals surface area contributed by atoms with E-state index in [0.29, 0.717) is 11.4 Å². The Bertz CT molecular complexity index is 654. The third-order valence-corrected chi connectivity index (χ3v) is 3.15. The Balaban J connectivity index is 2.09. The molecule has 96 valence electrons. The van der Waals surface area contributed by atoms with E-state index in [2.05, 4.69) is 5.32 Å². The molecule has 3 rings (SSSR count). The lowest BCUT2D eigenvalue weighted by atomic mass is 10.1. The number of amides is 1. The van der Waals surface area contributed by atoms with Crippen LogP contribution in [0, 0.1) is 0 Å². The number of carbonyl (C=O) groups is 1. The van der Waals surface area contributed by atoms with Crippen molar-refractivity contribution in [3.8, 4) is 0 Å². The van der Waals surface area contributed by atoms with Gasteiger partial charge in [-0.3, -0.25) is 4.79 Å². The van der Waals surface area contributed by atoms with Gasteiger partial charge < -0.3 is 21.7 Å². The molecule has 1 amide bonds. The summed E-state index contributed by atoms with van der Waals surface area (Å²) < 4.78 is 0. The number of para-hydroxylation sites is 2. The topological polar surface area (TPSA) is 84.4 Å². The van der Waals surface area contributed by atoms with Crippen LogP contribution in [0.3, 0.4) is 0 Å². The highest BCUT2D eigenvalue weighted by atomic mass is 16.2. The first-order valence-electron chi connectivity index (χ1n) is 5.96. The molecule has 0 bridgehead atoms. The smallest absolute Gasteiger partial charge is 0.244 e. The van der Waals surface area contributed by atoms with Crippen LogP contribution in [0.2, 0.25) is 0 Å². The van der Waals surface area contributed by atoms with Crippen molar-refractivity contribution in [3.63, 3.8) is 0 Å². The molecule has 1 heterocycles. The van der Waals surface area contributed by atoms with Crippen molar-refractivity contribution in [2.75, 3.05) is 28.2 Å². The molecule has 0 aromatic heterocycles. The van der Waals surface area contributed by atoms with Gasteiger partial charge in [0.15, 0.2) is 0 Å². The van der Waals surface area contributed by atoms with E-state index < -0.39 is 0 Å². The third-order valence-electron chi connectivity index (χ3n) is 3.15. The van der Waals surface area contributed by atoms with Crippen LogP contribution < -0.4 is 21.7 Å². The number of hydrogen-bond donors (Lipinski definition) is 3. The molecule has 0 saturated heterocycles. The van der Waals surface area contributed by atoms with Crippen LogP contribution in [0.15, 0.2) is 42.5 Å². The maximum absolute atomic E-state index is 11.8. The number of anilines is 5. The first-order chi connectivity index (χ1) is 9.15. The summed E-state index contributed by atoms with van der Waals surface area (Å²) in [5.74, 6) is -0.0471. The maximum atomic E-state index is 11.8. The van der Waals surface area contributed by atoms with Gasteiger partial charge in [0, 0.05) is 5.69 Å². The second-order valence-electron chi connectivity index (χ2n) is 4.46. The molecular formula is C14H14N4O. The number of nitrogen functional groups attached to an aromatic ring is 2. The number of benzene rings is 2. The largest absolute Gasteiger partial charge is 0.397 e. The van der Waals surface area contributed by atoms with E-state index in [9.17, 15) is 4.79 Å². The predicted molar refractivity (Wildman–Crippen MR) is 77.3 cm³/mol. The summed E-state index contributed by atoms with van der Waals surface area (Å²) in [5, 5.41) is 2.85. The average molecular weight is 254 g/mol. The summed E-state index contributed by atoms with van der Waals surface area (Å²) >= 11 is 0. The van der Waals surface area contributed by atoms with Crippen molar-refractivity contribution >= 4 is 34.3 Å². The van der Waals surface area contributed by atoms with Gasteiger partial charge in [-0.05, 0) is 30.3 Å². The van der Waals surface area contributed by atoms with Crippen LogP contribution in [0.25, 0.3) is 0 Å². The molecule has 5 heteroatoms. The second-order valence-corrected chi connectivity index (χ2v) is 4.46. The van der Waals surface area contributed by atoms with Crippen LogP contribution in [-0.2, 0) is 4.79 Å². The van der Waals surface area contributed by atoms with Crippen LogP contribution in [0.5, 0.6) is 0 Å². The van der Waals surface area contributed by atoms with Gasteiger partial charge in [0.2, 0.25) is 5.91 Å².